The topological polar surface area (TPSA) is 24.9 Å². The van der Waals surface area contributed by atoms with Crippen molar-refractivity contribution >= 4 is 23.1 Å². The first-order valence-electron chi connectivity index (χ1n) is 7.67. The van der Waals surface area contributed by atoms with E-state index >= 15 is 0 Å². The molecule has 4 heteroatoms. The van der Waals surface area contributed by atoms with Crippen LogP contribution in [0.4, 0.5) is 0 Å². The molecule has 1 aromatic heterocycles. The van der Waals surface area contributed by atoms with Crippen molar-refractivity contribution < 1.29 is 0 Å². The van der Waals surface area contributed by atoms with E-state index in [4.69, 9.17) is 4.98 Å². The molecule has 2 aromatic rings. The van der Waals surface area contributed by atoms with Gasteiger partial charge in [0.25, 0.3) is 0 Å². The molecule has 1 aromatic carbocycles. The van der Waals surface area contributed by atoms with Crippen LogP contribution < -0.4 is 5.32 Å². The van der Waals surface area contributed by atoms with E-state index in [9.17, 15) is 0 Å². The smallest absolute Gasteiger partial charge is 0.103 e. The summed E-state index contributed by atoms with van der Waals surface area (Å²) >= 11 is 3.81. The van der Waals surface area contributed by atoms with Gasteiger partial charge in [0, 0.05) is 15.8 Å². The Morgan fingerprint density at radius 3 is 3.14 bits per heavy atom. The van der Waals surface area contributed by atoms with Gasteiger partial charge in [-0.05, 0) is 44.9 Å². The summed E-state index contributed by atoms with van der Waals surface area (Å²) in [5, 5.41) is 4.87. The van der Waals surface area contributed by atoms with Gasteiger partial charge in [-0.1, -0.05) is 24.6 Å². The molecule has 1 aliphatic rings. The quantitative estimate of drug-likeness (QED) is 0.807. The molecule has 0 radical (unpaired) electrons. The van der Waals surface area contributed by atoms with E-state index in [0.29, 0.717) is 6.04 Å². The first-order valence-corrected chi connectivity index (χ1v) is 9.48. The minimum atomic E-state index is 0.536. The second kappa shape index (κ2) is 6.95. The Kier molecular flexibility index (Phi) is 4.99. The van der Waals surface area contributed by atoms with Gasteiger partial charge in [-0.3, -0.25) is 0 Å². The van der Waals surface area contributed by atoms with Crippen LogP contribution in [0.3, 0.4) is 0 Å². The van der Waals surface area contributed by atoms with Gasteiger partial charge in [-0.25, -0.2) is 4.98 Å². The highest BCUT2D eigenvalue weighted by molar-refractivity contribution is 7.98. The minimum Gasteiger partial charge on any atom is -0.309 e. The van der Waals surface area contributed by atoms with Crippen molar-refractivity contribution in [2.24, 2.45) is 0 Å². The maximum absolute atomic E-state index is 4.88. The largest absolute Gasteiger partial charge is 0.309 e. The lowest BCUT2D eigenvalue weighted by atomic mass is 9.98. The fraction of sp³-hybridized carbons (Fsp3) is 0.471. The third-order valence-corrected chi connectivity index (χ3v) is 6.20. The molecule has 1 N–H and O–H groups in total. The molecule has 1 aliphatic carbocycles. The number of aryl methyl sites for hydroxylation is 2. The third-order valence-electron chi connectivity index (χ3n) is 3.80. The second-order valence-electron chi connectivity index (χ2n) is 5.53. The summed E-state index contributed by atoms with van der Waals surface area (Å²) in [5.41, 5.74) is 2.67. The highest BCUT2D eigenvalue weighted by atomic mass is 32.2. The third kappa shape index (κ3) is 3.68. The van der Waals surface area contributed by atoms with E-state index < -0.39 is 0 Å². The molecule has 21 heavy (non-hydrogen) atoms. The number of rotatable bonds is 5. The molecule has 0 spiro atoms. The Balaban J connectivity index is 1.69. The van der Waals surface area contributed by atoms with E-state index in [2.05, 4.69) is 43.4 Å². The molecular formula is C17H22N2S2. The number of hydrogen-bond donors (Lipinski definition) is 1. The average Bonchev–Trinajstić information content (AvgIpc) is 2.90. The van der Waals surface area contributed by atoms with Crippen LogP contribution in [-0.4, -0.2) is 11.5 Å². The number of nitrogens with zero attached hydrogens (tertiary/aromatic N) is 1. The van der Waals surface area contributed by atoms with Gasteiger partial charge in [0.2, 0.25) is 0 Å². The number of aromatic nitrogens is 1. The minimum absolute atomic E-state index is 0.536. The fourth-order valence-corrected chi connectivity index (χ4v) is 5.05. The zero-order chi connectivity index (χ0) is 14.7. The van der Waals surface area contributed by atoms with Crippen LogP contribution >= 0.6 is 23.1 Å². The van der Waals surface area contributed by atoms with Crippen LogP contribution in [0.15, 0.2) is 29.2 Å². The molecule has 1 unspecified atom stereocenters. The lowest BCUT2D eigenvalue weighted by molar-refractivity contribution is 0.476. The Morgan fingerprint density at radius 1 is 1.43 bits per heavy atom. The van der Waals surface area contributed by atoms with Gasteiger partial charge in [-0.2, -0.15) is 0 Å². The van der Waals surface area contributed by atoms with Crippen molar-refractivity contribution in [2.45, 2.75) is 49.8 Å². The highest BCUT2D eigenvalue weighted by Crippen LogP contribution is 2.36. The van der Waals surface area contributed by atoms with Crippen LogP contribution in [0.2, 0.25) is 0 Å². The zero-order valence-electron chi connectivity index (χ0n) is 12.7. The van der Waals surface area contributed by atoms with Crippen molar-refractivity contribution in [1.82, 2.24) is 10.3 Å². The predicted octanol–water partition coefficient (Wildman–Crippen LogP) is 4.73. The molecule has 3 rings (SSSR count). The Hall–Kier alpha value is -0.840. The van der Waals surface area contributed by atoms with E-state index in [1.807, 2.05) is 23.1 Å². The zero-order valence-corrected chi connectivity index (χ0v) is 14.3. The number of nitrogens with one attached hydrogen (secondary N) is 1. The van der Waals surface area contributed by atoms with Crippen molar-refractivity contribution in [3.8, 4) is 0 Å². The van der Waals surface area contributed by atoms with E-state index in [1.165, 1.54) is 38.9 Å². The summed E-state index contributed by atoms with van der Waals surface area (Å²) in [6.45, 7) is 5.37. The van der Waals surface area contributed by atoms with Crippen molar-refractivity contribution in [3.63, 3.8) is 0 Å². The maximum atomic E-state index is 4.88. The van der Waals surface area contributed by atoms with Crippen LogP contribution in [0.1, 0.15) is 46.9 Å². The normalized spacial score (nSPS) is 17.7. The summed E-state index contributed by atoms with van der Waals surface area (Å²) < 4.78 is 0. The lowest BCUT2D eigenvalue weighted by Gasteiger charge is -2.21. The summed E-state index contributed by atoms with van der Waals surface area (Å²) in [5.74, 6) is 0.986. The number of benzene rings is 1. The van der Waals surface area contributed by atoms with E-state index in [0.717, 1.165) is 18.7 Å². The monoisotopic (exact) mass is 318 g/mol. The van der Waals surface area contributed by atoms with Crippen molar-refractivity contribution in [2.75, 3.05) is 6.54 Å². The average molecular weight is 319 g/mol. The van der Waals surface area contributed by atoms with Crippen LogP contribution in [-0.2, 0) is 12.2 Å². The molecule has 1 atom stereocenters. The number of thiazole rings is 1. The molecule has 0 amide bonds. The van der Waals surface area contributed by atoms with Crippen molar-refractivity contribution in [3.05, 3.63) is 45.4 Å². The predicted molar refractivity (Wildman–Crippen MR) is 92.2 cm³/mol. The molecular weight excluding hydrogens is 296 g/mol. The van der Waals surface area contributed by atoms with Crippen LogP contribution in [0, 0.1) is 6.92 Å². The molecule has 1 heterocycles. The van der Waals surface area contributed by atoms with Gasteiger partial charge >= 0.3 is 0 Å². The van der Waals surface area contributed by atoms with Crippen LogP contribution in [0.5, 0.6) is 0 Å². The van der Waals surface area contributed by atoms with E-state index in [-0.39, 0.29) is 0 Å². The molecule has 2 nitrogen and oxygen atoms in total. The van der Waals surface area contributed by atoms with Gasteiger partial charge in [0.1, 0.15) is 5.01 Å². The molecule has 0 saturated heterocycles. The molecule has 112 valence electrons. The Labute approximate surface area is 135 Å². The summed E-state index contributed by atoms with van der Waals surface area (Å²) in [6, 6.07) is 9.25. The summed E-state index contributed by atoms with van der Waals surface area (Å²) in [4.78, 5) is 7.71. The highest BCUT2D eigenvalue weighted by Gasteiger charge is 2.23. The molecule has 0 saturated carbocycles. The van der Waals surface area contributed by atoms with Crippen LogP contribution in [0.25, 0.3) is 0 Å². The standard InChI is InChI=1S/C17H22N2S2/c1-3-18-14-8-5-9-15-17(14)21-16(19-15)11-20-13-7-4-6-12(2)10-13/h4,6-7,10,14,18H,3,5,8-9,11H2,1-2H3. The first kappa shape index (κ1) is 15.1. The maximum Gasteiger partial charge on any atom is 0.103 e. The number of thioether (sulfide) groups is 1. The second-order valence-corrected chi connectivity index (χ2v) is 7.69. The van der Waals surface area contributed by atoms with Gasteiger partial charge in [-0.15, -0.1) is 23.1 Å². The molecule has 0 fully saturated rings. The van der Waals surface area contributed by atoms with Gasteiger partial charge in [0.15, 0.2) is 0 Å². The van der Waals surface area contributed by atoms with E-state index in [1.54, 1.807) is 0 Å². The number of hydrogen-bond acceptors (Lipinski definition) is 4. The SMILES string of the molecule is CCNC1CCCc2nc(CSc3cccc(C)c3)sc21. The fourth-order valence-electron chi connectivity index (χ4n) is 2.82. The summed E-state index contributed by atoms with van der Waals surface area (Å²) in [6.07, 6.45) is 3.68. The lowest BCUT2D eigenvalue weighted by Crippen LogP contribution is -2.23. The van der Waals surface area contributed by atoms with Gasteiger partial charge < -0.3 is 5.32 Å². The van der Waals surface area contributed by atoms with Crippen molar-refractivity contribution in [1.29, 1.82) is 0 Å². The molecule has 0 aliphatic heterocycles. The summed E-state index contributed by atoms with van der Waals surface area (Å²) in [7, 11) is 0. The number of fused-ring (bicyclic) bond motifs is 1. The van der Waals surface area contributed by atoms with Gasteiger partial charge in [0.05, 0.1) is 11.4 Å². The first-order chi connectivity index (χ1) is 10.3. The Bertz CT molecular complexity index is 607. The molecule has 0 bridgehead atoms. The Morgan fingerprint density at radius 2 is 2.33 bits per heavy atom.